The first-order valence-corrected chi connectivity index (χ1v) is 9.93. The molecule has 0 spiro atoms. The number of rotatable bonds is 4. The van der Waals surface area contributed by atoms with Crippen molar-refractivity contribution in [2.24, 2.45) is 0 Å². The Bertz CT molecular complexity index is 768. The van der Waals surface area contributed by atoms with E-state index in [-0.39, 0.29) is 0 Å². The first-order chi connectivity index (χ1) is 11.2. The summed E-state index contributed by atoms with van der Waals surface area (Å²) in [4.78, 5) is 0. The summed E-state index contributed by atoms with van der Waals surface area (Å²) < 4.78 is 6.50. The van der Waals surface area contributed by atoms with Gasteiger partial charge in [-0.3, -0.25) is 0 Å². The Hall–Kier alpha value is -2.83. The summed E-state index contributed by atoms with van der Waals surface area (Å²) in [5.41, 5.74) is 0.639. The van der Waals surface area contributed by atoms with Crippen LogP contribution in [-0.2, 0) is 0 Å². The zero-order valence-electron chi connectivity index (χ0n) is 12.9. The molecule has 3 aromatic carbocycles. The average molecular weight is 315 g/mol. The van der Waals surface area contributed by atoms with E-state index in [9.17, 15) is 0 Å². The lowest BCUT2D eigenvalue weighted by Crippen LogP contribution is -2.60. The highest BCUT2D eigenvalue weighted by Crippen LogP contribution is 2.17. The normalized spacial score (nSPS) is 10.8. The van der Waals surface area contributed by atoms with E-state index in [1.54, 1.807) is 12.1 Å². The third-order valence-corrected chi connectivity index (χ3v) is 7.47. The highest BCUT2D eigenvalue weighted by molar-refractivity contribution is 6.97. The Balaban J connectivity index is 2.04. The quantitative estimate of drug-likeness (QED) is 0.692. The van der Waals surface area contributed by atoms with Crippen molar-refractivity contribution in [1.82, 2.24) is 0 Å². The van der Waals surface area contributed by atoms with Gasteiger partial charge in [0.15, 0.2) is 0 Å². The number of nitrogens with zero attached hydrogens (tertiary/aromatic N) is 1. The van der Waals surface area contributed by atoms with Gasteiger partial charge in [-0.05, 0) is 41.2 Å². The van der Waals surface area contributed by atoms with Gasteiger partial charge in [-0.25, -0.2) is 0 Å². The molecule has 0 N–H and O–H groups in total. The Kier molecular flexibility index (Phi) is 4.27. The number of nitriles is 1. The van der Waals surface area contributed by atoms with Crippen molar-refractivity contribution < 1.29 is 4.43 Å². The maximum Gasteiger partial charge on any atom is 0.311 e. The van der Waals surface area contributed by atoms with Crippen LogP contribution in [0.25, 0.3) is 0 Å². The van der Waals surface area contributed by atoms with E-state index in [4.69, 9.17) is 9.69 Å². The van der Waals surface area contributed by atoms with Gasteiger partial charge in [-0.2, -0.15) is 5.26 Å². The first kappa shape index (κ1) is 15.1. The van der Waals surface area contributed by atoms with Crippen LogP contribution in [0.1, 0.15) is 5.56 Å². The SMILES string of the molecule is C[Si](Oc1ccc(C#N)cc1)(c1ccccc1)c1ccccc1. The molecule has 3 heteroatoms. The highest BCUT2D eigenvalue weighted by Gasteiger charge is 2.35. The molecule has 3 aromatic rings. The van der Waals surface area contributed by atoms with Crippen LogP contribution in [0.3, 0.4) is 0 Å². The van der Waals surface area contributed by atoms with Crippen LogP contribution in [0.5, 0.6) is 5.75 Å². The third-order valence-electron chi connectivity index (χ3n) is 3.95. The van der Waals surface area contributed by atoms with Crippen LogP contribution < -0.4 is 14.8 Å². The van der Waals surface area contributed by atoms with Crippen molar-refractivity contribution in [2.75, 3.05) is 0 Å². The van der Waals surface area contributed by atoms with E-state index < -0.39 is 8.32 Å². The first-order valence-electron chi connectivity index (χ1n) is 7.52. The molecule has 0 fully saturated rings. The Morgan fingerprint density at radius 3 is 1.65 bits per heavy atom. The fourth-order valence-electron chi connectivity index (χ4n) is 2.63. The van der Waals surface area contributed by atoms with Gasteiger partial charge in [0, 0.05) is 0 Å². The third kappa shape index (κ3) is 3.18. The van der Waals surface area contributed by atoms with Gasteiger partial charge in [0.05, 0.1) is 11.6 Å². The van der Waals surface area contributed by atoms with Crippen molar-refractivity contribution in [3.8, 4) is 11.8 Å². The van der Waals surface area contributed by atoms with Gasteiger partial charge in [-0.1, -0.05) is 60.7 Å². The topological polar surface area (TPSA) is 33.0 Å². The molecule has 2 nitrogen and oxygen atoms in total. The predicted octanol–water partition coefficient (Wildman–Crippen LogP) is 3.33. The number of hydrogen-bond acceptors (Lipinski definition) is 2. The molecule has 0 radical (unpaired) electrons. The van der Waals surface area contributed by atoms with E-state index in [2.05, 4.69) is 36.9 Å². The van der Waals surface area contributed by atoms with Gasteiger partial charge >= 0.3 is 8.32 Å². The molecule has 3 rings (SSSR count). The maximum absolute atomic E-state index is 8.93. The van der Waals surface area contributed by atoms with Gasteiger partial charge < -0.3 is 4.43 Å². The maximum atomic E-state index is 8.93. The molecule has 0 bridgehead atoms. The summed E-state index contributed by atoms with van der Waals surface area (Å²) in [6.45, 7) is 2.20. The number of benzene rings is 3. The van der Waals surface area contributed by atoms with Crippen LogP contribution in [0.4, 0.5) is 0 Å². The molecular formula is C20H17NOSi. The molecule has 0 aromatic heterocycles. The van der Waals surface area contributed by atoms with Gasteiger partial charge in [0.1, 0.15) is 5.75 Å². The predicted molar refractivity (Wildman–Crippen MR) is 95.6 cm³/mol. The van der Waals surface area contributed by atoms with Crippen LogP contribution >= 0.6 is 0 Å². The minimum absolute atomic E-state index is 0.639. The van der Waals surface area contributed by atoms with Crippen LogP contribution in [0, 0.1) is 11.3 Å². The van der Waals surface area contributed by atoms with E-state index in [1.807, 2.05) is 48.5 Å². The molecule has 0 amide bonds. The van der Waals surface area contributed by atoms with Gasteiger partial charge in [-0.15, -0.1) is 0 Å². The lowest BCUT2D eigenvalue weighted by Gasteiger charge is -2.29. The standard InChI is InChI=1S/C20H17NOSi/c1-23(19-8-4-2-5-9-19,20-10-6-3-7-11-20)22-18-14-12-17(16-21)13-15-18/h2-15H,1H3. The van der Waals surface area contributed by atoms with E-state index in [0.29, 0.717) is 5.56 Å². The Morgan fingerprint density at radius 1 is 0.739 bits per heavy atom. The molecule has 0 aliphatic heterocycles. The summed E-state index contributed by atoms with van der Waals surface area (Å²) >= 11 is 0. The molecule has 0 aliphatic carbocycles. The van der Waals surface area contributed by atoms with E-state index in [1.165, 1.54) is 10.4 Å². The largest absolute Gasteiger partial charge is 0.535 e. The summed E-state index contributed by atoms with van der Waals surface area (Å²) in [5.74, 6) is 0.797. The fraction of sp³-hybridized carbons (Fsp3) is 0.0500. The van der Waals surface area contributed by atoms with Crippen LogP contribution in [0.2, 0.25) is 6.55 Å². The van der Waals surface area contributed by atoms with Crippen LogP contribution in [0.15, 0.2) is 84.9 Å². The Morgan fingerprint density at radius 2 is 1.22 bits per heavy atom. The van der Waals surface area contributed by atoms with Gasteiger partial charge in [0.25, 0.3) is 0 Å². The zero-order chi connectivity index (χ0) is 16.1. The summed E-state index contributed by atoms with van der Waals surface area (Å²) in [6, 6.07) is 30.2. The van der Waals surface area contributed by atoms with Crippen molar-refractivity contribution in [3.63, 3.8) is 0 Å². The smallest absolute Gasteiger partial charge is 0.311 e. The number of hydrogen-bond donors (Lipinski definition) is 0. The lowest BCUT2D eigenvalue weighted by molar-refractivity contribution is 0.571. The second kappa shape index (κ2) is 6.51. The fourth-order valence-corrected chi connectivity index (χ4v) is 5.46. The van der Waals surface area contributed by atoms with E-state index >= 15 is 0 Å². The van der Waals surface area contributed by atoms with Crippen LogP contribution in [-0.4, -0.2) is 8.32 Å². The van der Waals surface area contributed by atoms with Crippen molar-refractivity contribution in [3.05, 3.63) is 90.5 Å². The van der Waals surface area contributed by atoms with Crippen molar-refractivity contribution in [1.29, 1.82) is 5.26 Å². The molecular weight excluding hydrogens is 298 g/mol. The second-order valence-electron chi connectivity index (χ2n) is 5.50. The summed E-state index contributed by atoms with van der Waals surface area (Å²) in [7, 11) is -2.35. The minimum Gasteiger partial charge on any atom is -0.535 e. The average Bonchev–Trinajstić information content (AvgIpc) is 2.64. The molecule has 0 unspecified atom stereocenters. The molecule has 0 atom stereocenters. The Labute approximate surface area is 137 Å². The van der Waals surface area contributed by atoms with Crippen molar-refractivity contribution in [2.45, 2.75) is 6.55 Å². The zero-order valence-corrected chi connectivity index (χ0v) is 13.9. The molecule has 0 saturated carbocycles. The minimum atomic E-state index is -2.35. The molecule has 0 saturated heterocycles. The second-order valence-corrected chi connectivity index (χ2v) is 8.93. The van der Waals surface area contributed by atoms with Gasteiger partial charge in [0.2, 0.25) is 0 Å². The molecule has 0 aliphatic rings. The lowest BCUT2D eigenvalue weighted by atomic mass is 10.2. The van der Waals surface area contributed by atoms with E-state index in [0.717, 1.165) is 5.75 Å². The molecule has 112 valence electrons. The molecule has 23 heavy (non-hydrogen) atoms. The summed E-state index contributed by atoms with van der Waals surface area (Å²) in [5, 5.41) is 11.4. The molecule has 0 heterocycles. The highest BCUT2D eigenvalue weighted by atomic mass is 28.4. The monoisotopic (exact) mass is 315 g/mol. The van der Waals surface area contributed by atoms with Crippen molar-refractivity contribution >= 4 is 18.7 Å². The summed E-state index contributed by atoms with van der Waals surface area (Å²) in [6.07, 6.45) is 0.